The molecule has 0 unspecified atom stereocenters. The molecule has 0 aliphatic carbocycles. The van der Waals surface area contributed by atoms with Crippen LogP contribution in [-0.2, 0) is 0 Å². The molecule has 296 valence electrons. The van der Waals surface area contributed by atoms with E-state index >= 15 is 0 Å². The van der Waals surface area contributed by atoms with E-state index in [-0.39, 0.29) is 0 Å². The van der Waals surface area contributed by atoms with Gasteiger partial charge in [0.25, 0.3) is 0 Å². The summed E-state index contributed by atoms with van der Waals surface area (Å²) in [5.74, 6) is 0. The Balaban J connectivity index is 0.975. The first kappa shape index (κ1) is 36.8. The van der Waals surface area contributed by atoms with E-state index in [9.17, 15) is 0 Å². The number of nitrogens with zero attached hydrogens (tertiary/aromatic N) is 2. The second-order valence-corrected chi connectivity index (χ2v) is 17.2. The molecule has 0 amide bonds. The molecule has 0 atom stereocenters. The van der Waals surface area contributed by atoms with Gasteiger partial charge in [0.2, 0.25) is 0 Å². The summed E-state index contributed by atoms with van der Waals surface area (Å²) in [6.07, 6.45) is 0. The Hall–Kier alpha value is -7.98. The first-order chi connectivity index (χ1) is 31.2. The number of thiophene rings is 1. The summed E-state index contributed by atoms with van der Waals surface area (Å²) in [5.41, 5.74) is 16.5. The summed E-state index contributed by atoms with van der Waals surface area (Å²) >= 11 is 1.86. The second kappa shape index (κ2) is 15.5. The highest BCUT2D eigenvalue weighted by molar-refractivity contribution is 7.26. The molecule has 0 fully saturated rings. The fourth-order valence-electron chi connectivity index (χ4n) is 9.46. The molecule has 0 spiro atoms. The van der Waals surface area contributed by atoms with Crippen molar-refractivity contribution in [2.45, 2.75) is 0 Å². The average Bonchev–Trinajstić information content (AvgIpc) is 3.92. The van der Waals surface area contributed by atoms with Crippen molar-refractivity contribution in [2.75, 3.05) is 4.90 Å². The molecule has 3 heteroatoms. The summed E-state index contributed by atoms with van der Waals surface area (Å²) in [5, 5.41) is 5.07. The zero-order valence-electron chi connectivity index (χ0n) is 34.4. The summed E-state index contributed by atoms with van der Waals surface area (Å²) in [7, 11) is 0. The number of hydrogen-bond donors (Lipinski definition) is 0. The van der Waals surface area contributed by atoms with Crippen molar-refractivity contribution in [2.24, 2.45) is 0 Å². The smallest absolute Gasteiger partial charge is 0.0554 e. The summed E-state index contributed by atoms with van der Waals surface area (Å²) < 4.78 is 4.95. The van der Waals surface area contributed by atoms with Crippen LogP contribution in [-0.4, -0.2) is 4.57 Å². The van der Waals surface area contributed by atoms with Crippen LogP contribution in [0.15, 0.2) is 243 Å². The van der Waals surface area contributed by atoms with Crippen LogP contribution in [0, 0.1) is 0 Å². The third kappa shape index (κ3) is 6.50. The normalized spacial score (nSPS) is 11.5. The predicted octanol–water partition coefficient (Wildman–Crippen LogP) is 17.3. The van der Waals surface area contributed by atoms with Crippen molar-refractivity contribution in [1.29, 1.82) is 0 Å². The van der Waals surface area contributed by atoms with Crippen LogP contribution < -0.4 is 4.90 Å². The Morgan fingerprint density at radius 2 is 0.841 bits per heavy atom. The third-order valence-electron chi connectivity index (χ3n) is 12.4. The lowest BCUT2D eigenvalue weighted by molar-refractivity contribution is 1.18. The topological polar surface area (TPSA) is 8.17 Å². The lowest BCUT2D eigenvalue weighted by atomic mass is 9.96. The van der Waals surface area contributed by atoms with Crippen LogP contribution in [0.25, 0.3) is 92.2 Å². The van der Waals surface area contributed by atoms with Crippen molar-refractivity contribution in [1.82, 2.24) is 4.57 Å². The number of hydrogen-bond acceptors (Lipinski definition) is 2. The quantitative estimate of drug-likeness (QED) is 0.148. The van der Waals surface area contributed by atoms with Crippen LogP contribution in [0.3, 0.4) is 0 Å². The molecule has 63 heavy (non-hydrogen) atoms. The minimum atomic E-state index is 1.10. The van der Waals surface area contributed by atoms with E-state index in [0.29, 0.717) is 0 Å². The van der Waals surface area contributed by atoms with Gasteiger partial charge in [-0.25, -0.2) is 0 Å². The van der Waals surface area contributed by atoms with Gasteiger partial charge in [0.05, 0.1) is 16.7 Å². The van der Waals surface area contributed by atoms with Gasteiger partial charge in [0.15, 0.2) is 0 Å². The maximum absolute atomic E-state index is 2.46. The minimum Gasteiger partial charge on any atom is -0.310 e. The first-order valence-electron chi connectivity index (χ1n) is 21.5. The van der Waals surface area contributed by atoms with Crippen molar-refractivity contribution in [3.05, 3.63) is 243 Å². The molecule has 12 rings (SSSR count). The number of para-hydroxylation sites is 2. The van der Waals surface area contributed by atoms with E-state index < -0.39 is 0 Å². The van der Waals surface area contributed by atoms with E-state index in [1.165, 1.54) is 92.2 Å². The molecule has 0 aliphatic rings. The van der Waals surface area contributed by atoms with Crippen LogP contribution in [0.2, 0.25) is 0 Å². The lowest BCUT2D eigenvalue weighted by Gasteiger charge is -2.28. The number of fused-ring (bicyclic) bond motifs is 6. The van der Waals surface area contributed by atoms with Gasteiger partial charge in [0.1, 0.15) is 0 Å². The van der Waals surface area contributed by atoms with E-state index in [0.717, 1.165) is 17.1 Å². The molecule has 10 aromatic carbocycles. The van der Waals surface area contributed by atoms with Crippen LogP contribution in [0.1, 0.15) is 0 Å². The Labute approximate surface area is 370 Å². The van der Waals surface area contributed by atoms with Gasteiger partial charge in [-0.15, -0.1) is 11.3 Å². The Kier molecular flexibility index (Phi) is 9.06. The lowest BCUT2D eigenvalue weighted by Crippen LogP contribution is -2.10. The number of benzene rings is 10. The largest absolute Gasteiger partial charge is 0.310 e. The summed E-state index contributed by atoms with van der Waals surface area (Å²) in [6.45, 7) is 0. The highest BCUT2D eigenvalue weighted by Gasteiger charge is 2.21. The van der Waals surface area contributed by atoms with Crippen LogP contribution >= 0.6 is 11.3 Å². The molecule has 2 nitrogen and oxygen atoms in total. The zero-order chi connectivity index (χ0) is 41.7. The molecule has 0 aliphatic heterocycles. The van der Waals surface area contributed by atoms with Gasteiger partial charge in [0, 0.05) is 48.0 Å². The predicted molar refractivity (Wildman–Crippen MR) is 270 cm³/mol. The standard InChI is InChI=1S/C60H40N2S/c1-4-16-41(17-5-1)46-38-47(42-18-6-2-7-19-42)40-50(39-46)61(56-27-15-29-58-60(56)53-23-11-13-28-57(53)63-58)49-36-34-44(35-37-49)43-30-32-45(33-31-43)51-24-14-26-55-59(51)52-22-10-12-25-54(52)62(55)48-20-8-3-9-21-48/h1-40H. The first-order valence-corrected chi connectivity index (χ1v) is 22.3. The van der Waals surface area contributed by atoms with E-state index in [2.05, 4.69) is 252 Å². The minimum absolute atomic E-state index is 1.10. The molecular formula is C60H40N2S. The number of aromatic nitrogens is 1. The maximum atomic E-state index is 2.46. The molecule has 0 saturated carbocycles. The SMILES string of the molecule is c1ccc(-c2cc(-c3ccccc3)cc(N(c3ccc(-c4ccc(-c5cccc6c5c5ccccc5n6-c5ccccc5)cc4)cc3)c3cccc4sc5ccccc5c34)c2)cc1. The zero-order valence-corrected chi connectivity index (χ0v) is 35.2. The van der Waals surface area contributed by atoms with Gasteiger partial charge in [-0.1, -0.05) is 170 Å². The molecule has 0 bridgehead atoms. The van der Waals surface area contributed by atoms with Crippen molar-refractivity contribution in [3.63, 3.8) is 0 Å². The van der Waals surface area contributed by atoms with Crippen molar-refractivity contribution in [3.8, 4) is 50.2 Å². The highest BCUT2D eigenvalue weighted by Crippen LogP contribution is 2.47. The second-order valence-electron chi connectivity index (χ2n) is 16.1. The summed E-state index contributed by atoms with van der Waals surface area (Å²) in [4.78, 5) is 2.46. The highest BCUT2D eigenvalue weighted by atomic mass is 32.1. The van der Waals surface area contributed by atoms with Gasteiger partial charge < -0.3 is 9.47 Å². The monoisotopic (exact) mass is 820 g/mol. The average molecular weight is 821 g/mol. The maximum Gasteiger partial charge on any atom is 0.0554 e. The summed E-state index contributed by atoms with van der Waals surface area (Å²) in [6, 6.07) is 88.4. The van der Waals surface area contributed by atoms with E-state index in [1.807, 2.05) is 11.3 Å². The van der Waals surface area contributed by atoms with Crippen LogP contribution in [0.5, 0.6) is 0 Å². The fourth-order valence-corrected chi connectivity index (χ4v) is 10.6. The van der Waals surface area contributed by atoms with Crippen LogP contribution in [0.4, 0.5) is 17.1 Å². The number of rotatable bonds is 8. The Bertz CT molecular complexity index is 3530. The third-order valence-corrected chi connectivity index (χ3v) is 13.5. The molecule has 2 aromatic heterocycles. The molecule has 0 saturated heterocycles. The fraction of sp³-hybridized carbons (Fsp3) is 0. The van der Waals surface area contributed by atoms with Crippen molar-refractivity contribution >= 4 is 70.4 Å². The van der Waals surface area contributed by atoms with Gasteiger partial charge in [-0.2, -0.15) is 0 Å². The van der Waals surface area contributed by atoms with E-state index in [1.54, 1.807) is 0 Å². The van der Waals surface area contributed by atoms with E-state index in [4.69, 9.17) is 0 Å². The van der Waals surface area contributed by atoms with Gasteiger partial charge >= 0.3 is 0 Å². The Morgan fingerprint density at radius 3 is 1.54 bits per heavy atom. The van der Waals surface area contributed by atoms with Gasteiger partial charge in [-0.05, 0) is 117 Å². The van der Waals surface area contributed by atoms with Crippen molar-refractivity contribution < 1.29 is 0 Å². The molecule has 2 heterocycles. The molecular weight excluding hydrogens is 781 g/mol. The number of anilines is 3. The Morgan fingerprint density at radius 1 is 0.317 bits per heavy atom. The molecule has 12 aromatic rings. The molecule has 0 radical (unpaired) electrons. The van der Waals surface area contributed by atoms with Gasteiger partial charge in [-0.3, -0.25) is 0 Å². The molecule has 0 N–H and O–H groups in total.